The average molecular weight is 261 g/mol. The van der Waals surface area contributed by atoms with Crippen LogP contribution in [0.25, 0.3) is 0 Å². The fraction of sp³-hybridized carbons (Fsp3) is 0.538. The Morgan fingerprint density at radius 1 is 1.22 bits per heavy atom. The molecule has 1 rings (SSSR count). The second kappa shape index (κ2) is 6.75. The minimum atomic E-state index is -4.54. The van der Waals surface area contributed by atoms with Crippen LogP contribution < -0.4 is 5.32 Å². The second-order valence-electron chi connectivity index (χ2n) is 4.36. The molecule has 0 saturated heterocycles. The van der Waals surface area contributed by atoms with Crippen molar-refractivity contribution in [1.29, 1.82) is 0 Å². The molecule has 0 amide bonds. The standard InChI is InChI=1S/C13H18F3NO/c1-10(11-5-3-2-4-6-11)7-8-17-9-12(18)13(14,15)16/h2-6,10,12,17-18H,7-9H2,1H3. The van der Waals surface area contributed by atoms with Gasteiger partial charge in [0.2, 0.25) is 0 Å². The highest BCUT2D eigenvalue weighted by molar-refractivity contribution is 5.18. The Morgan fingerprint density at radius 2 is 1.83 bits per heavy atom. The molecule has 18 heavy (non-hydrogen) atoms. The monoisotopic (exact) mass is 261 g/mol. The number of rotatable bonds is 6. The molecule has 1 aromatic rings. The molecule has 2 nitrogen and oxygen atoms in total. The van der Waals surface area contributed by atoms with Gasteiger partial charge in [-0.3, -0.25) is 0 Å². The Bertz CT molecular complexity index is 340. The molecule has 0 spiro atoms. The van der Waals surface area contributed by atoms with Gasteiger partial charge in [0.25, 0.3) is 0 Å². The van der Waals surface area contributed by atoms with E-state index in [0.717, 1.165) is 12.0 Å². The first kappa shape index (κ1) is 15.0. The minimum absolute atomic E-state index is 0.279. The highest BCUT2D eigenvalue weighted by Gasteiger charge is 2.37. The summed E-state index contributed by atoms with van der Waals surface area (Å²) in [6.45, 7) is 2.02. The summed E-state index contributed by atoms with van der Waals surface area (Å²) in [4.78, 5) is 0. The van der Waals surface area contributed by atoms with Crippen molar-refractivity contribution < 1.29 is 18.3 Å². The Labute approximate surface area is 105 Å². The normalized spacial score (nSPS) is 15.4. The Kier molecular flexibility index (Phi) is 5.62. The van der Waals surface area contributed by atoms with Gasteiger partial charge in [-0.1, -0.05) is 37.3 Å². The van der Waals surface area contributed by atoms with E-state index in [1.807, 2.05) is 37.3 Å². The molecule has 2 N–H and O–H groups in total. The van der Waals surface area contributed by atoms with E-state index in [2.05, 4.69) is 5.32 Å². The summed E-state index contributed by atoms with van der Waals surface area (Å²) in [6, 6.07) is 9.79. The van der Waals surface area contributed by atoms with Crippen molar-refractivity contribution in [1.82, 2.24) is 5.32 Å². The largest absolute Gasteiger partial charge is 0.415 e. The molecule has 0 aliphatic carbocycles. The zero-order valence-electron chi connectivity index (χ0n) is 10.2. The van der Waals surface area contributed by atoms with Gasteiger partial charge in [-0.2, -0.15) is 13.2 Å². The first-order valence-corrected chi connectivity index (χ1v) is 5.91. The average Bonchev–Trinajstić information content (AvgIpc) is 2.34. The van der Waals surface area contributed by atoms with Crippen molar-refractivity contribution in [2.24, 2.45) is 0 Å². The van der Waals surface area contributed by atoms with Crippen LogP contribution in [0.15, 0.2) is 30.3 Å². The molecule has 0 saturated carbocycles. The van der Waals surface area contributed by atoms with Crippen LogP contribution in [0.5, 0.6) is 0 Å². The van der Waals surface area contributed by atoms with Gasteiger partial charge in [-0.15, -0.1) is 0 Å². The van der Waals surface area contributed by atoms with E-state index in [1.54, 1.807) is 0 Å². The Hall–Kier alpha value is -1.07. The van der Waals surface area contributed by atoms with Crippen molar-refractivity contribution in [3.63, 3.8) is 0 Å². The number of aliphatic hydroxyl groups excluding tert-OH is 1. The molecule has 0 heterocycles. The third kappa shape index (κ3) is 5.06. The van der Waals surface area contributed by atoms with E-state index in [9.17, 15) is 13.2 Å². The summed E-state index contributed by atoms with van der Waals surface area (Å²) >= 11 is 0. The summed E-state index contributed by atoms with van der Waals surface area (Å²) in [5, 5.41) is 11.4. The lowest BCUT2D eigenvalue weighted by Crippen LogP contribution is -2.38. The molecule has 2 unspecified atom stereocenters. The number of aliphatic hydroxyl groups is 1. The maximum atomic E-state index is 12.0. The van der Waals surface area contributed by atoms with Crippen LogP contribution in [0.2, 0.25) is 0 Å². The van der Waals surface area contributed by atoms with Gasteiger partial charge >= 0.3 is 6.18 Å². The first-order valence-electron chi connectivity index (χ1n) is 5.91. The third-order valence-electron chi connectivity index (χ3n) is 2.84. The molecule has 2 atom stereocenters. The van der Waals surface area contributed by atoms with Crippen molar-refractivity contribution >= 4 is 0 Å². The zero-order valence-corrected chi connectivity index (χ0v) is 10.2. The maximum Gasteiger partial charge on any atom is 0.415 e. The van der Waals surface area contributed by atoms with Crippen LogP contribution in [0.4, 0.5) is 13.2 Å². The van der Waals surface area contributed by atoms with Crippen LogP contribution in [-0.2, 0) is 0 Å². The lowest BCUT2D eigenvalue weighted by atomic mass is 9.98. The first-order chi connectivity index (χ1) is 8.41. The fourth-order valence-electron chi connectivity index (χ4n) is 1.62. The Morgan fingerprint density at radius 3 is 2.39 bits per heavy atom. The number of nitrogens with one attached hydrogen (secondary N) is 1. The number of hydrogen-bond donors (Lipinski definition) is 2. The zero-order chi connectivity index (χ0) is 13.6. The number of halogens is 3. The van der Waals surface area contributed by atoms with Gasteiger partial charge in [0.05, 0.1) is 0 Å². The quantitative estimate of drug-likeness (QED) is 0.772. The van der Waals surface area contributed by atoms with Gasteiger partial charge in [0.1, 0.15) is 0 Å². The highest BCUT2D eigenvalue weighted by atomic mass is 19.4. The fourth-order valence-corrected chi connectivity index (χ4v) is 1.62. The van der Waals surface area contributed by atoms with Crippen molar-refractivity contribution in [3.05, 3.63) is 35.9 Å². The smallest absolute Gasteiger partial charge is 0.382 e. The van der Waals surface area contributed by atoms with Gasteiger partial charge in [0, 0.05) is 6.54 Å². The molecule has 0 aliphatic heterocycles. The molecule has 5 heteroatoms. The topological polar surface area (TPSA) is 32.3 Å². The van der Waals surface area contributed by atoms with Crippen LogP contribution in [0.1, 0.15) is 24.8 Å². The molecule has 0 radical (unpaired) electrons. The molecule has 0 aromatic heterocycles. The van der Waals surface area contributed by atoms with Gasteiger partial charge in [0.15, 0.2) is 6.10 Å². The van der Waals surface area contributed by atoms with Gasteiger partial charge in [-0.05, 0) is 24.4 Å². The van der Waals surface area contributed by atoms with E-state index in [4.69, 9.17) is 5.11 Å². The summed E-state index contributed by atoms with van der Waals surface area (Å²) < 4.78 is 36.0. The summed E-state index contributed by atoms with van der Waals surface area (Å²) in [7, 11) is 0. The van der Waals surface area contributed by atoms with Gasteiger partial charge < -0.3 is 10.4 Å². The predicted molar refractivity (Wildman–Crippen MR) is 64.4 cm³/mol. The van der Waals surface area contributed by atoms with Crippen LogP contribution >= 0.6 is 0 Å². The SMILES string of the molecule is CC(CCNCC(O)C(F)(F)F)c1ccccc1. The van der Waals surface area contributed by atoms with Crippen molar-refractivity contribution in [2.75, 3.05) is 13.1 Å². The minimum Gasteiger partial charge on any atom is -0.382 e. The van der Waals surface area contributed by atoms with E-state index < -0.39 is 18.8 Å². The van der Waals surface area contributed by atoms with E-state index >= 15 is 0 Å². The van der Waals surface area contributed by atoms with Crippen LogP contribution in [0.3, 0.4) is 0 Å². The molecular formula is C13H18F3NO. The van der Waals surface area contributed by atoms with Crippen LogP contribution in [0, 0.1) is 0 Å². The maximum absolute atomic E-state index is 12.0. The van der Waals surface area contributed by atoms with E-state index in [0.29, 0.717) is 6.54 Å². The van der Waals surface area contributed by atoms with E-state index in [-0.39, 0.29) is 5.92 Å². The Balaban J connectivity index is 2.23. The summed E-state index contributed by atoms with van der Waals surface area (Å²) in [6.07, 6.45) is -6.10. The third-order valence-corrected chi connectivity index (χ3v) is 2.84. The highest BCUT2D eigenvalue weighted by Crippen LogP contribution is 2.20. The summed E-state index contributed by atoms with van der Waals surface area (Å²) in [5.41, 5.74) is 1.16. The molecule has 1 aromatic carbocycles. The van der Waals surface area contributed by atoms with Crippen molar-refractivity contribution in [3.8, 4) is 0 Å². The molecule has 0 fully saturated rings. The molecular weight excluding hydrogens is 243 g/mol. The van der Waals surface area contributed by atoms with E-state index in [1.165, 1.54) is 0 Å². The second-order valence-corrected chi connectivity index (χ2v) is 4.36. The molecule has 102 valence electrons. The van der Waals surface area contributed by atoms with Crippen LogP contribution in [-0.4, -0.2) is 30.5 Å². The predicted octanol–water partition coefficient (Wildman–Crippen LogP) is 2.69. The number of hydrogen-bond acceptors (Lipinski definition) is 2. The summed E-state index contributed by atoms with van der Waals surface area (Å²) in [5.74, 6) is 0.279. The lowest BCUT2D eigenvalue weighted by molar-refractivity contribution is -0.201. The lowest BCUT2D eigenvalue weighted by Gasteiger charge is -2.16. The number of benzene rings is 1. The van der Waals surface area contributed by atoms with Crippen molar-refractivity contribution in [2.45, 2.75) is 31.5 Å². The van der Waals surface area contributed by atoms with Gasteiger partial charge in [-0.25, -0.2) is 0 Å². The molecule has 0 aliphatic rings. The number of alkyl halides is 3. The molecule has 0 bridgehead atoms.